The van der Waals surface area contributed by atoms with Crippen LogP contribution in [0, 0.1) is 0 Å². The van der Waals surface area contributed by atoms with Crippen LogP contribution in [0.3, 0.4) is 0 Å². The molecule has 0 radical (unpaired) electrons. The number of ether oxygens (including phenoxy) is 1. The average molecular weight is 292 g/mol. The van der Waals surface area contributed by atoms with Crippen molar-refractivity contribution in [1.29, 1.82) is 0 Å². The van der Waals surface area contributed by atoms with Crippen molar-refractivity contribution in [2.75, 3.05) is 13.7 Å². The zero-order valence-electron chi connectivity index (χ0n) is 13.1. The second-order valence-electron chi connectivity index (χ2n) is 5.28. The Morgan fingerprint density at radius 2 is 1.76 bits per heavy atom. The second-order valence-corrected chi connectivity index (χ2v) is 5.28. The Morgan fingerprint density at radius 1 is 1.14 bits per heavy atom. The molecule has 1 aromatic rings. The van der Waals surface area contributed by atoms with Gasteiger partial charge in [0.1, 0.15) is 0 Å². The maximum absolute atomic E-state index is 11.9. The molecule has 1 amide bonds. The molecule has 0 saturated heterocycles. The summed E-state index contributed by atoms with van der Waals surface area (Å²) < 4.78 is 4.84. The smallest absolute Gasteiger partial charge is 0.314 e. The first-order valence-corrected chi connectivity index (χ1v) is 7.12. The fourth-order valence-electron chi connectivity index (χ4n) is 1.96. The molecule has 0 bridgehead atoms. The first-order chi connectivity index (χ1) is 9.95. The van der Waals surface area contributed by atoms with Crippen LogP contribution in [0.4, 0.5) is 0 Å². The van der Waals surface area contributed by atoms with E-state index >= 15 is 0 Å². The molecule has 0 saturated carbocycles. The zero-order valence-corrected chi connectivity index (χ0v) is 13.1. The highest BCUT2D eigenvalue weighted by atomic mass is 16.5. The van der Waals surface area contributed by atoms with Gasteiger partial charge in [-0.1, -0.05) is 30.3 Å². The van der Waals surface area contributed by atoms with Crippen LogP contribution in [-0.4, -0.2) is 37.6 Å². The van der Waals surface area contributed by atoms with Crippen LogP contribution in [0.1, 0.15) is 32.3 Å². The number of carbonyl (C=O) groups is 2. The molecule has 2 unspecified atom stereocenters. The first-order valence-electron chi connectivity index (χ1n) is 7.12. The maximum Gasteiger partial charge on any atom is 0.314 e. The molecule has 2 N–H and O–H groups in total. The Morgan fingerprint density at radius 3 is 2.29 bits per heavy atom. The molecule has 0 aromatic heterocycles. The average Bonchev–Trinajstić information content (AvgIpc) is 2.47. The van der Waals surface area contributed by atoms with Crippen molar-refractivity contribution < 1.29 is 14.3 Å². The molecule has 116 valence electrons. The topological polar surface area (TPSA) is 67.4 Å². The van der Waals surface area contributed by atoms with Gasteiger partial charge in [0.15, 0.2) is 0 Å². The molecule has 1 rings (SSSR count). The third kappa shape index (κ3) is 5.55. The van der Waals surface area contributed by atoms with Crippen LogP contribution in [0.2, 0.25) is 0 Å². The first kappa shape index (κ1) is 17.2. The summed E-state index contributed by atoms with van der Waals surface area (Å²) >= 11 is 0. The maximum atomic E-state index is 11.9. The molecule has 1 aromatic carbocycles. The van der Waals surface area contributed by atoms with Gasteiger partial charge in [-0.25, -0.2) is 0 Å². The predicted octanol–water partition coefficient (Wildman–Crippen LogP) is 1.45. The fourth-order valence-corrected chi connectivity index (χ4v) is 1.96. The van der Waals surface area contributed by atoms with Gasteiger partial charge in [-0.3, -0.25) is 9.59 Å². The van der Waals surface area contributed by atoms with Gasteiger partial charge < -0.3 is 15.4 Å². The van der Waals surface area contributed by atoms with Crippen molar-refractivity contribution in [2.45, 2.75) is 38.8 Å². The lowest BCUT2D eigenvalue weighted by Crippen LogP contribution is -2.46. The number of esters is 1. The molecule has 0 fully saturated rings. The number of hydrogen-bond acceptors (Lipinski definition) is 4. The van der Waals surface area contributed by atoms with Crippen molar-refractivity contribution in [1.82, 2.24) is 10.6 Å². The molecule has 5 nitrogen and oxygen atoms in total. The Kier molecular flexibility index (Phi) is 6.88. The van der Waals surface area contributed by atoms with E-state index < -0.39 is 5.92 Å². The molecular formula is C16H24N2O3. The number of amides is 1. The third-order valence-corrected chi connectivity index (χ3v) is 3.14. The predicted molar refractivity (Wildman–Crippen MR) is 81.9 cm³/mol. The van der Waals surface area contributed by atoms with E-state index in [0.717, 1.165) is 5.56 Å². The Balaban J connectivity index is 2.67. The Bertz CT molecular complexity index is 460. The summed E-state index contributed by atoms with van der Waals surface area (Å²) in [7, 11) is 1.37. The van der Waals surface area contributed by atoms with Crippen LogP contribution in [0.25, 0.3) is 0 Å². The highest BCUT2D eigenvalue weighted by molar-refractivity contribution is 5.82. The normalized spacial score (nSPS) is 13.6. The minimum atomic E-state index is -0.425. The Hall–Kier alpha value is -1.88. The van der Waals surface area contributed by atoms with Crippen LogP contribution in [-0.2, 0) is 14.3 Å². The van der Waals surface area contributed by atoms with E-state index in [0.29, 0.717) is 6.54 Å². The second kappa shape index (κ2) is 8.42. The summed E-state index contributed by atoms with van der Waals surface area (Å²) in [6, 6.07) is 9.12. The minimum Gasteiger partial charge on any atom is -0.469 e. The SMILES string of the molecule is COC(=O)C(CNC(C)C(=O)NC(C)C)c1ccccc1. The van der Waals surface area contributed by atoms with Crippen LogP contribution in [0.5, 0.6) is 0 Å². The van der Waals surface area contributed by atoms with E-state index in [4.69, 9.17) is 4.74 Å². The number of benzene rings is 1. The van der Waals surface area contributed by atoms with E-state index in [1.807, 2.05) is 44.2 Å². The van der Waals surface area contributed by atoms with Gasteiger partial charge in [0.05, 0.1) is 19.1 Å². The van der Waals surface area contributed by atoms with Crippen LogP contribution >= 0.6 is 0 Å². The van der Waals surface area contributed by atoms with Gasteiger partial charge in [-0.2, -0.15) is 0 Å². The number of carbonyl (C=O) groups excluding carboxylic acids is 2. The van der Waals surface area contributed by atoms with Crippen LogP contribution in [0.15, 0.2) is 30.3 Å². The number of methoxy groups -OCH3 is 1. The lowest BCUT2D eigenvalue weighted by atomic mass is 9.99. The van der Waals surface area contributed by atoms with Crippen molar-refractivity contribution >= 4 is 11.9 Å². The van der Waals surface area contributed by atoms with E-state index in [9.17, 15) is 9.59 Å². The summed E-state index contributed by atoms with van der Waals surface area (Å²) in [6.45, 7) is 5.94. The summed E-state index contributed by atoms with van der Waals surface area (Å²) in [5.41, 5.74) is 0.869. The van der Waals surface area contributed by atoms with Gasteiger partial charge >= 0.3 is 5.97 Å². The van der Waals surface area contributed by atoms with Gasteiger partial charge in [0, 0.05) is 12.6 Å². The number of nitrogens with one attached hydrogen (secondary N) is 2. The van der Waals surface area contributed by atoms with Crippen LogP contribution < -0.4 is 10.6 Å². The molecule has 5 heteroatoms. The van der Waals surface area contributed by atoms with Gasteiger partial charge in [0.2, 0.25) is 5.91 Å². The lowest BCUT2D eigenvalue weighted by molar-refractivity contribution is -0.142. The quantitative estimate of drug-likeness (QED) is 0.746. The minimum absolute atomic E-state index is 0.0818. The molecule has 0 aliphatic heterocycles. The molecule has 21 heavy (non-hydrogen) atoms. The zero-order chi connectivity index (χ0) is 15.8. The monoisotopic (exact) mass is 292 g/mol. The summed E-state index contributed by atoms with van der Waals surface area (Å²) in [6.07, 6.45) is 0. The summed E-state index contributed by atoms with van der Waals surface area (Å²) in [4.78, 5) is 23.8. The number of hydrogen-bond donors (Lipinski definition) is 2. The molecular weight excluding hydrogens is 268 g/mol. The number of rotatable bonds is 7. The summed E-state index contributed by atoms with van der Waals surface area (Å²) in [5.74, 6) is -0.822. The Labute approximate surface area is 126 Å². The van der Waals surface area contributed by atoms with Gasteiger partial charge in [-0.05, 0) is 26.3 Å². The van der Waals surface area contributed by atoms with Crippen molar-refractivity contribution in [3.63, 3.8) is 0 Å². The molecule has 0 aliphatic rings. The van der Waals surface area contributed by atoms with Gasteiger partial charge in [-0.15, -0.1) is 0 Å². The van der Waals surface area contributed by atoms with Crippen molar-refractivity contribution in [2.24, 2.45) is 0 Å². The molecule has 2 atom stereocenters. The standard InChI is InChI=1S/C16H24N2O3/c1-11(2)18-15(19)12(3)17-10-14(16(20)21-4)13-8-6-5-7-9-13/h5-9,11-12,14,17H,10H2,1-4H3,(H,18,19). The molecule has 0 heterocycles. The largest absolute Gasteiger partial charge is 0.469 e. The highest BCUT2D eigenvalue weighted by Crippen LogP contribution is 2.16. The molecule has 0 aliphatic carbocycles. The third-order valence-electron chi connectivity index (χ3n) is 3.14. The summed E-state index contributed by atoms with van der Waals surface area (Å²) in [5, 5.41) is 5.92. The van der Waals surface area contributed by atoms with E-state index in [1.165, 1.54) is 7.11 Å². The fraction of sp³-hybridized carbons (Fsp3) is 0.500. The van der Waals surface area contributed by atoms with Crippen molar-refractivity contribution in [3.05, 3.63) is 35.9 Å². The van der Waals surface area contributed by atoms with Gasteiger partial charge in [0.25, 0.3) is 0 Å². The van der Waals surface area contributed by atoms with E-state index in [1.54, 1.807) is 6.92 Å². The van der Waals surface area contributed by atoms with Crippen molar-refractivity contribution in [3.8, 4) is 0 Å². The highest BCUT2D eigenvalue weighted by Gasteiger charge is 2.23. The molecule has 0 spiro atoms. The van der Waals surface area contributed by atoms with E-state index in [-0.39, 0.29) is 24.0 Å². The van der Waals surface area contributed by atoms with E-state index in [2.05, 4.69) is 10.6 Å². The lowest BCUT2D eigenvalue weighted by Gasteiger charge is -2.20.